The van der Waals surface area contributed by atoms with Crippen molar-refractivity contribution in [1.82, 2.24) is 25.6 Å². The lowest BCUT2D eigenvalue weighted by Crippen LogP contribution is -2.36. The number of amides is 2. The number of benzene rings is 1. The van der Waals surface area contributed by atoms with E-state index in [-0.39, 0.29) is 48.2 Å². The molecular weight excluding hydrogens is 576 g/mol. The summed E-state index contributed by atoms with van der Waals surface area (Å²) in [5.41, 5.74) is 0.904. The van der Waals surface area contributed by atoms with E-state index < -0.39 is 17.0 Å². The number of nitrogens with zero attached hydrogens (tertiary/aromatic N) is 4. The highest BCUT2D eigenvalue weighted by Gasteiger charge is 2.42. The van der Waals surface area contributed by atoms with Crippen molar-refractivity contribution in [3.63, 3.8) is 0 Å². The molecule has 2 N–H and O–H groups in total. The molecule has 2 saturated heterocycles. The van der Waals surface area contributed by atoms with E-state index in [2.05, 4.69) is 20.9 Å². The summed E-state index contributed by atoms with van der Waals surface area (Å²) in [4.78, 5) is 47.3. The number of ether oxygens (including phenoxy) is 2. The Morgan fingerprint density at radius 2 is 1.93 bits per heavy atom. The van der Waals surface area contributed by atoms with E-state index >= 15 is 0 Å². The molecule has 1 aromatic carbocycles. The average Bonchev–Trinajstić information content (AvgIpc) is 3.66. The lowest BCUT2D eigenvalue weighted by Gasteiger charge is -2.16. The van der Waals surface area contributed by atoms with Gasteiger partial charge < -0.3 is 20.1 Å². The Hall–Kier alpha value is -3.68. The second-order valence-corrected chi connectivity index (χ2v) is 12.3. The van der Waals surface area contributed by atoms with E-state index in [1.165, 1.54) is 18.2 Å². The molecule has 43 heavy (non-hydrogen) atoms. The standard InChI is InChI=1S/C29H40N6O7S/c1-19-17-34(33-32-19)14-15-41-22-12-13-25(35(39)40)23(16-22)20(2)42-27(37)11-5-3-4-8-21(36)9-6-7-10-26-28-24(18-43-26)30-29(38)31-28/h12-13,16-17,20,24,26,28H,3-11,14-15,18H2,1-2H3,(H2,30,31,38). The van der Waals surface area contributed by atoms with Gasteiger partial charge in [-0.3, -0.25) is 19.7 Å². The monoisotopic (exact) mass is 616 g/mol. The maximum atomic E-state index is 12.5. The fraction of sp³-hybridized carbons (Fsp3) is 0.621. The molecule has 14 heteroatoms. The summed E-state index contributed by atoms with van der Waals surface area (Å²) in [6.45, 7) is 4.19. The lowest BCUT2D eigenvalue weighted by molar-refractivity contribution is -0.386. The Kier molecular flexibility index (Phi) is 11.8. The number of carbonyl (C=O) groups excluding carboxylic acids is 3. The number of aryl methyl sites for hydroxylation is 1. The molecule has 4 rings (SSSR count). The molecule has 4 atom stereocenters. The molecule has 0 radical (unpaired) electrons. The van der Waals surface area contributed by atoms with E-state index in [1.54, 1.807) is 17.8 Å². The summed E-state index contributed by atoms with van der Waals surface area (Å²) in [6, 6.07) is 4.73. The fourth-order valence-electron chi connectivity index (χ4n) is 5.40. The number of nitro benzene ring substituents is 1. The number of hydrogen-bond acceptors (Lipinski definition) is 10. The number of carbonyl (C=O) groups is 3. The van der Waals surface area contributed by atoms with Crippen LogP contribution in [0.5, 0.6) is 5.75 Å². The fourth-order valence-corrected chi connectivity index (χ4v) is 6.94. The number of Topliss-reactive ketones (excluding diaryl/α,β-unsaturated/α-hetero) is 1. The first-order valence-electron chi connectivity index (χ1n) is 14.9. The van der Waals surface area contributed by atoms with Crippen molar-refractivity contribution in [2.24, 2.45) is 0 Å². The molecule has 234 valence electrons. The van der Waals surface area contributed by atoms with Crippen molar-refractivity contribution in [2.75, 3.05) is 12.4 Å². The number of nitro groups is 1. The molecule has 2 amide bonds. The van der Waals surface area contributed by atoms with Gasteiger partial charge in [-0.15, -0.1) is 5.10 Å². The van der Waals surface area contributed by atoms with Crippen LogP contribution in [0.1, 0.15) is 82.1 Å². The predicted molar refractivity (Wildman–Crippen MR) is 160 cm³/mol. The third-order valence-electron chi connectivity index (χ3n) is 7.65. The van der Waals surface area contributed by atoms with Gasteiger partial charge >= 0.3 is 12.0 Å². The van der Waals surface area contributed by atoms with Crippen molar-refractivity contribution >= 4 is 35.2 Å². The molecule has 0 saturated carbocycles. The zero-order chi connectivity index (χ0) is 30.8. The van der Waals surface area contributed by atoms with E-state index in [9.17, 15) is 24.5 Å². The number of nitrogens with one attached hydrogen (secondary N) is 2. The Balaban J connectivity index is 1.10. The average molecular weight is 617 g/mol. The number of unbranched alkanes of at least 4 members (excludes halogenated alkanes) is 3. The maximum absolute atomic E-state index is 12.5. The van der Waals surface area contributed by atoms with E-state index in [1.807, 2.05) is 18.7 Å². The molecule has 0 aliphatic carbocycles. The quantitative estimate of drug-likeness (QED) is 0.0804. The van der Waals surface area contributed by atoms with Gasteiger partial charge in [-0.25, -0.2) is 9.48 Å². The molecule has 0 bridgehead atoms. The van der Waals surface area contributed by atoms with Gasteiger partial charge in [0.1, 0.15) is 24.2 Å². The Morgan fingerprint density at radius 1 is 1.16 bits per heavy atom. The van der Waals surface area contributed by atoms with Crippen molar-refractivity contribution in [3.8, 4) is 5.75 Å². The summed E-state index contributed by atoms with van der Waals surface area (Å²) in [5, 5.41) is 25.8. The normalized spacial score (nSPS) is 19.8. The van der Waals surface area contributed by atoms with Crippen LogP contribution in [0.3, 0.4) is 0 Å². The second kappa shape index (κ2) is 15.7. The molecule has 2 aromatic rings. The van der Waals surface area contributed by atoms with Gasteiger partial charge in [0.25, 0.3) is 5.69 Å². The first kappa shape index (κ1) is 32.2. The number of rotatable bonds is 18. The van der Waals surface area contributed by atoms with Crippen LogP contribution in [-0.2, 0) is 20.9 Å². The van der Waals surface area contributed by atoms with Gasteiger partial charge in [0.05, 0.1) is 34.8 Å². The highest BCUT2D eigenvalue weighted by atomic mass is 32.2. The molecule has 13 nitrogen and oxygen atoms in total. The predicted octanol–water partition coefficient (Wildman–Crippen LogP) is 4.42. The Bertz CT molecular complexity index is 1290. The van der Waals surface area contributed by atoms with Gasteiger partial charge in [0.2, 0.25) is 0 Å². The Morgan fingerprint density at radius 3 is 2.67 bits per heavy atom. The van der Waals surface area contributed by atoms with Crippen LogP contribution in [0, 0.1) is 17.0 Å². The van der Waals surface area contributed by atoms with Crippen LogP contribution < -0.4 is 15.4 Å². The number of aromatic nitrogens is 3. The molecule has 1 aromatic heterocycles. The van der Waals surface area contributed by atoms with E-state index in [0.29, 0.717) is 43.2 Å². The van der Waals surface area contributed by atoms with Crippen LogP contribution in [0.25, 0.3) is 0 Å². The number of fused-ring (bicyclic) bond motifs is 1. The van der Waals surface area contributed by atoms with Gasteiger partial charge in [-0.2, -0.15) is 11.8 Å². The molecule has 2 aliphatic rings. The number of ketones is 1. The van der Waals surface area contributed by atoms with Crippen molar-refractivity contribution < 1.29 is 28.8 Å². The molecule has 3 heterocycles. The molecule has 2 aliphatic heterocycles. The van der Waals surface area contributed by atoms with Crippen LogP contribution in [0.15, 0.2) is 24.4 Å². The minimum absolute atomic E-state index is 0.0792. The van der Waals surface area contributed by atoms with Crippen molar-refractivity contribution in [3.05, 3.63) is 45.8 Å². The zero-order valence-electron chi connectivity index (χ0n) is 24.7. The lowest BCUT2D eigenvalue weighted by atomic mass is 10.0. The Labute approximate surface area is 255 Å². The summed E-state index contributed by atoms with van der Waals surface area (Å²) < 4.78 is 12.9. The highest BCUT2D eigenvalue weighted by Crippen LogP contribution is 2.33. The van der Waals surface area contributed by atoms with Gasteiger partial charge in [0.15, 0.2) is 0 Å². The number of hydrogen-bond donors (Lipinski definition) is 2. The van der Waals surface area contributed by atoms with Crippen molar-refractivity contribution in [2.45, 2.75) is 102 Å². The number of urea groups is 1. The smallest absolute Gasteiger partial charge is 0.315 e. The zero-order valence-corrected chi connectivity index (χ0v) is 25.5. The number of thioether (sulfide) groups is 1. The minimum atomic E-state index is -0.828. The highest BCUT2D eigenvalue weighted by molar-refractivity contribution is 8.00. The molecule has 4 unspecified atom stereocenters. The summed E-state index contributed by atoms with van der Waals surface area (Å²) in [6.07, 6.45) is 6.98. The second-order valence-electron chi connectivity index (χ2n) is 11.0. The molecular formula is C29H40N6O7S. The van der Waals surface area contributed by atoms with Gasteiger partial charge in [-0.1, -0.05) is 18.1 Å². The van der Waals surface area contributed by atoms with E-state index in [0.717, 1.165) is 37.1 Å². The first-order valence-corrected chi connectivity index (χ1v) is 15.9. The molecule has 0 spiro atoms. The third-order valence-corrected chi connectivity index (χ3v) is 9.16. The topological polar surface area (TPSA) is 168 Å². The summed E-state index contributed by atoms with van der Waals surface area (Å²) in [7, 11) is 0. The van der Waals surface area contributed by atoms with Crippen LogP contribution in [0.4, 0.5) is 10.5 Å². The van der Waals surface area contributed by atoms with Crippen LogP contribution >= 0.6 is 11.8 Å². The van der Waals surface area contributed by atoms with Crippen LogP contribution in [0.2, 0.25) is 0 Å². The number of esters is 1. The third kappa shape index (κ3) is 9.66. The SMILES string of the molecule is Cc1cn(CCOc2ccc([N+](=O)[O-])c(C(C)OC(=O)CCCCCC(=O)CCCCC3SCC4NC(=O)NC43)c2)nn1. The summed E-state index contributed by atoms with van der Waals surface area (Å²) >= 11 is 1.88. The largest absolute Gasteiger partial charge is 0.492 e. The summed E-state index contributed by atoms with van der Waals surface area (Å²) in [5.74, 6) is 1.15. The van der Waals surface area contributed by atoms with Crippen molar-refractivity contribution in [1.29, 1.82) is 0 Å². The van der Waals surface area contributed by atoms with E-state index in [4.69, 9.17) is 9.47 Å². The van der Waals surface area contributed by atoms with Crippen LogP contribution in [-0.4, -0.2) is 67.4 Å². The van der Waals surface area contributed by atoms with Gasteiger partial charge in [-0.05, 0) is 51.7 Å². The maximum Gasteiger partial charge on any atom is 0.315 e. The minimum Gasteiger partial charge on any atom is -0.492 e. The first-order chi connectivity index (χ1) is 20.7. The molecule has 2 fully saturated rings. The van der Waals surface area contributed by atoms with Gasteiger partial charge in [0, 0.05) is 42.5 Å².